The molecule has 3 heterocycles. The van der Waals surface area contributed by atoms with Crippen molar-refractivity contribution in [2.75, 3.05) is 11.9 Å². The molecule has 10 heteroatoms. The molecular formula is C19H20N6O4. The van der Waals surface area contributed by atoms with Crippen molar-refractivity contribution in [3.05, 3.63) is 46.6 Å². The number of anilines is 1. The van der Waals surface area contributed by atoms with Gasteiger partial charge in [-0.3, -0.25) is 34.5 Å². The topological polar surface area (TPSA) is 150 Å². The zero-order valence-corrected chi connectivity index (χ0v) is 15.5. The lowest BCUT2D eigenvalue weighted by atomic mass is 10.0. The van der Waals surface area contributed by atoms with Gasteiger partial charge in [0, 0.05) is 31.1 Å². The molecule has 29 heavy (non-hydrogen) atoms. The van der Waals surface area contributed by atoms with Crippen molar-refractivity contribution in [1.29, 1.82) is 0 Å². The molecule has 1 unspecified atom stereocenters. The molecule has 5 N–H and O–H groups in total. The predicted octanol–water partition coefficient (Wildman–Crippen LogP) is -0.0758. The standard InChI is InChI=1S/C19H20N6O4/c20-6-5-11-8-15(24-23-11)21-9-10-1-2-12-13(7-10)19(29)25(18(12)28)14-3-4-16(26)22-17(14)27/h1-2,7-8,14H,3-6,9,20H2,(H2,21,23,24)(H,22,26,27). The highest BCUT2D eigenvalue weighted by molar-refractivity contribution is 6.23. The fraction of sp³-hybridized carbons (Fsp3) is 0.316. The second-order valence-electron chi connectivity index (χ2n) is 7.00. The maximum absolute atomic E-state index is 12.8. The van der Waals surface area contributed by atoms with Crippen LogP contribution in [-0.2, 0) is 22.6 Å². The molecule has 2 aliphatic rings. The first kappa shape index (κ1) is 18.8. The van der Waals surface area contributed by atoms with Crippen LogP contribution in [0.5, 0.6) is 0 Å². The third-order valence-electron chi connectivity index (χ3n) is 5.02. The molecule has 150 valence electrons. The number of aromatic nitrogens is 2. The molecule has 1 saturated heterocycles. The number of hydrogen-bond acceptors (Lipinski definition) is 7. The SMILES string of the molecule is NCCc1cc(NCc2ccc3c(c2)C(=O)N(C2CCC(=O)NC2=O)C3=O)n[nH]1. The van der Waals surface area contributed by atoms with Crippen LogP contribution in [0.1, 0.15) is 44.8 Å². The monoisotopic (exact) mass is 396 g/mol. The van der Waals surface area contributed by atoms with E-state index in [-0.39, 0.29) is 24.0 Å². The number of nitrogens with zero attached hydrogens (tertiary/aromatic N) is 2. The number of fused-ring (bicyclic) bond motifs is 1. The highest BCUT2D eigenvalue weighted by Crippen LogP contribution is 2.28. The Kier molecular flexibility index (Phi) is 4.85. The zero-order valence-electron chi connectivity index (χ0n) is 15.5. The second-order valence-corrected chi connectivity index (χ2v) is 7.00. The van der Waals surface area contributed by atoms with Crippen LogP contribution in [0.25, 0.3) is 0 Å². The molecule has 10 nitrogen and oxygen atoms in total. The Balaban J connectivity index is 1.49. The summed E-state index contributed by atoms with van der Waals surface area (Å²) < 4.78 is 0. The highest BCUT2D eigenvalue weighted by Gasteiger charge is 2.44. The maximum Gasteiger partial charge on any atom is 0.262 e. The first-order chi connectivity index (χ1) is 14.0. The number of imide groups is 2. The molecule has 4 amide bonds. The smallest absolute Gasteiger partial charge is 0.262 e. The number of H-pyrrole nitrogens is 1. The van der Waals surface area contributed by atoms with E-state index >= 15 is 0 Å². The summed E-state index contributed by atoms with van der Waals surface area (Å²) in [6.07, 6.45) is 0.921. The summed E-state index contributed by atoms with van der Waals surface area (Å²) in [5.41, 5.74) is 7.74. The average Bonchev–Trinajstić information content (AvgIpc) is 3.24. The van der Waals surface area contributed by atoms with Gasteiger partial charge in [-0.2, -0.15) is 5.10 Å². The highest BCUT2D eigenvalue weighted by atomic mass is 16.2. The largest absolute Gasteiger partial charge is 0.365 e. The Bertz CT molecular complexity index is 1010. The van der Waals surface area contributed by atoms with Crippen LogP contribution in [-0.4, -0.2) is 51.3 Å². The summed E-state index contributed by atoms with van der Waals surface area (Å²) in [5.74, 6) is -1.40. The van der Waals surface area contributed by atoms with Crippen LogP contribution in [0.2, 0.25) is 0 Å². The third-order valence-corrected chi connectivity index (χ3v) is 5.02. The third kappa shape index (κ3) is 3.49. The fourth-order valence-corrected chi connectivity index (χ4v) is 3.56. The molecular weight excluding hydrogens is 376 g/mol. The van der Waals surface area contributed by atoms with E-state index in [1.165, 1.54) is 0 Å². The zero-order chi connectivity index (χ0) is 20.5. The van der Waals surface area contributed by atoms with Gasteiger partial charge in [-0.15, -0.1) is 0 Å². The van der Waals surface area contributed by atoms with E-state index in [0.717, 1.165) is 16.2 Å². The number of piperidine rings is 1. The minimum Gasteiger partial charge on any atom is -0.365 e. The van der Waals surface area contributed by atoms with E-state index < -0.39 is 29.7 Å². The van der Waals surface area contributed by atoms with Crippen LogP contribution in [0.15, 0.2) is 24.3 Å². The van der Waals surface area contributed by atoms with Crippen LogP contribution in [0.4, 0.5) is 5.82 Å². The lowest BCUT2D eigenvalue weighted by molar-refractivity contribution is -0.136. The van der Waals surface area contributed by atoms with Crippen molar-refractivity contribution in [2.45, 2.75) is 31.8 Å². The van der Waals surface area contributed by atoms with Crippen LogP contribution < -0.4 is 16.4 Å². The summed E-state index contributed by atoms with van der Waals surface area (Å²) in [6, 6.07) is 5.87. The van der Waals surface area contributed by atoms with Gasteiger partial charge in [0.25, 0.3) is 11.8 Å². The van der Waals surface area contributed by atoms with E-state index in [4.69, 9.17) is 5.73 Å². The van der Waals surface area contributed by atoms with Gasteiger partial charge in [0.2, 0.25) is 11.8 Å². The lowest BCUT2D eigenvalue weighted by Crippen LogP contribution is -2.54. The van der Waals surface area contributed by atoms with E-state index in [0.29, 0.717) is 25.3 Å². The quantitative estimate of drug-likeness (QED) is 0.499. The first-order valence-electron chi connectivity index (χ1n) is 9.30. The van der Waals surface area contributed by atoms with Crippen molar-refractivity contribution >= 4 is 29.4 Å². The van der Waals surface area contributed by atoms with Gasteiger partial charge < -0.3 is 11.1 Å². The Labute approximate surface area is 165 Å². The Morgan fingerprint density at radius 1 is 1.14 bits per heavy atom. The van der Waals surface area contributed by atoms with Crippen LogP contribution >= 0.6 is 0 Å². The summed E-state index contributed by atoms with van der Waals surface area (Å²) >= 11 is 0. The number of benzene rings is 1. The van der Waals surface area contributed by atoms with Crippen molar-refractivity contribution in [3.8, 4) is 0 Å². The number of aromatic amines is 1. The van der Waals surface area contributed by atoms with Crippen molar-refractivity contribution < 1.29 is 19.2 Å². The second kappa shape index (κ2) is 7.47. The first-order valence-corrected chi connectivity index (χ1v) is 9.30. The Hall–Kier alpha value is -3.53. The number of hydrogen-bond donors (Lipinski definition) is 4. The Morgan fingerprint density at radius 3 is 2.69 bits per heavy atom. The number of rotatable bonds is 6. The molecule has 0 aliphatic carbocycles. The van der Waals surface area contributed by atoms with Crippen molar-refractivity contribution in [3.63, 3.8) is 0 Å². The summed E-state index contributed by atoms with van der Waals surface area (Å²) in [4.78, 5) is 49.9. The molecule has 2 aromatic rings. The molecule has 0 bridgehead atoms. The van der Waals surface area contributed by atoms with E-state index in [9.17, 15) is 19.2 Å². The summed E-state index contributed by atoms with van der Waals surface area (Å²) in [6.45, 7) is 0.923. The molecule has 2 aliphatic heterocycles. The minimum atomic E-state index is -0.966. The average molecular weight is 396 g/mol. The van der Waals surface area contributed by atoms with E-state index in [2.05, 4.69) is 20.8 Å². The molecule has 1 atom stereocenters. The van der Waals surface area contributed by atoms with Gasteiger partial charge in [-0.1, -0.05) is 6.07 Å². The fourth-order valence-electron chi connectivity index (χ4n) is 3.56. The van der Waals surface area contributed by atoms with Gasteiger partial charge >= 0.3 is 0 Å². The molecule has 4 rings (SSSR count). The predicted molar refractivity (Wildman–Crippen MR) is 102 cm³/mol. The number of nitrogens with two attached hydrogens (primary N) is 1. The molecule has 0 spiro atoms. The molecule has 0 radical (unpaired) electrons. The minimum absolute atomic E-state index is 0.0921. The number of amides is 4. The van der Waals surface area contributed by atoms with Gasteiger partial charge in [0.15, 0.2) is 0 Å². The van der Waals surface area contributed by atoms with Crippen LogP contribution in [0.3, 0.4) is 0 Å². The molecule has 1 fully saturated rings. The molecule has 1 aromatic heterocycles. The molecule has 0 saturated carbocycles. The number of nitrogens with one attached hydrogen (secondary N) is 3. The van der Waals surface area contributed by atoms with E-state index in [1.807, 2.05) is 6.07 Å². The van der Waals surface area contributed by atoms with Crippen molar-refractivity contribution in [1.82, 2.24) is 20.4 Å². The number of carbonyl (C=O) groups is 4. The van der Waals surface area contributed by atoms with Gasteiger partial charge in [-0.25, -0.2) is 0 Å². The van der Waals surface area contributed by atoms with Gasteiger partial charge in [0.1, 0.15) is 11.9 Å². The maximum atomic E-state index is 12.8. The van der Waals surface area contributed by atoms with Gasteiger partial charge in [0.05, 0.1) is 11.1 Å². The summed E-state index contributed by atoms with van der Waals surface area (Å²) in [7, 11) is 0. The van der Waals surface area contributed by atoms with Crippen LogP contribution in [0, 0.1) is 0 Å². The van der Waals surface area contributed by atoms with E-state index in [1.54, 1.807) is 18.2 Å². The Morgan fingerprint density at radius 2 is 1.93 bits per heavy atom. The molecule has 1 aromatic carbocycles. The summed E-state index contributed by atoms with van der Waals surface area (Å²) in [5, 5.41) is 12.4. The normalized spacial score (nSPS) is 18.8. The lowest BCUT2D eigenvalue weighted by Gasteiger charge is -2.27. The van der Waals surface area contributed by atoms with Crippen molar-refractivity contribution in [2.24, 2.45) is 5.73 Å². The number of carbonyl (C=O) groups excluding carboxylic acids is 4. The van der Waals surface area contributed by atoms with Gasteiger partial charge in [-0.05, 0) is 30.7 Å².